The summed E-state index contributed by atoms with van der Waals surface area (Å²) in [5.41, 5.74) is 1.17. The van der Waals surface area contributed by atoms with Crippen molar-refractivity contribution in [3.63, 3.8) is 0 Å². The Labute approximate surface area is 110 Å². The molecule has 0 saturated carbocycles. The molecular weight excluding hydrogens is 224 g/mol. The minimum absolute atomic E-state index is 0.232. The normalized spacial score (nSPS) is 20.3. The van der Waals surface area contributed by atoms with Crippen molar-refractivity contribution in [2.75, 3.05) is 25.5 Å². The van der Waals surface area contributed by atoms with Crippen LogP contribution in [0, 0.1) is 0 Å². The topological polar surface area (TPSA) is 24.5 Å². The van der Waals surface area contributed by atoms with Crippen molar-refractivity contribution in [3.8, 4) is 5.75 Å². The van der Waals surface area contributed by atoms with Crippen LogP contribution in [0.4, 0.5) is 5.69 Å². The lowest BCUT2D eigenvalue weighted by Gasteiger charge is -2.20. The van der Waals surface area contributed by atoms with Crippen molar-refractivity contribution >= 4 is 5.69 Å². The summed E-state index contributed by atoms with van der Waals surface area (Å²) in [6.07, 6.45) is 2.86. The highest BCUT2D eigenvalue weighted by Crippen LogP contribution is 2.19. The summed E-state index contributed by atoms with van der Waals surface area (Å²) < 4.78 is 5.63. The number of anilines is 1. The van der Waals surface area contributed by atoms with Crippen LogP contribution in [0.5, 0.6) is 5.75 Å². The van der Waals surface area contributed by atoms with Gasteiger partial charge in [-0.05, 0) is 64.5 Å². The Morgan fingerprint density at radius 2 is 2.06 bits per heavy atom. The van der Waals surface area contributed by atoms with E-state index in [1.54, 1.807) is 0 Å². The van der Waals surface area contributed by atoms with Gasteiger partial charge in [-0.2, -0.15) is 0 Å². The Balaban J connectivity index is 1.82. The molecule has 1 N–H and O–H groups in total. The largest absolute Gasteiger partial charge is 0.491 e. The molecular formula is C15H24N2O. The van der Waals surface area contributed by atoms with Crippen molar-refractivity contribution < 1.29 is 4.74 Å². The smallest absolute Gasteiger partial charge is 0.119 e. The first-order chi connectivity index (χ1) is 8.65. The Hall–Kier alpha value is -1.22. The lowest BCUT2D eigenvalue weighted by atomic mass is 10.2. The third-order valence-electron chi connectivity index (χ3n) is 3.44. The maximum Gasteiger partial charge on any atom is 0.119 e. The molecule has 18 heavy (non-hydrogen) atoms. The van der Waals surface area contributed by atoms with Gasteiger partial charge in [0.1, 0.15) is 5.75 Å². The molecule has 1 aromatic rings. The molecule has 1 aliphatic rings. The number of likely N-dealkylation sites (tertiary alicyclic amines) is 1. The minimum Gasteiger partial charge on any atom is -0.491 e. The van der Waals surface area contributed by atoms with Gasteiger partial charge in [0.2, 0.25) is 0 Å². The Kier molecular flexibility index (Phi) is 4.48. The lowest BCUT2D eigenvalue weighted by Crippen LogP contribution is -2.31. The van der Waals surface area contributed by atoms with E-state index in [1.165, 1.54) is 25.1 Å². The minimum atomic E-state index is 0.232. The zero-order valence-corrected chi connectivity index (χ0v) is 11.6. The average molecular weight is 248 g/mol. The first kappa shape index (κ1) is 13.2. The molecule has 1 fully saturated rings. The van der Waals surface area contributed by atoms with Crippen LogP contribution in [-0.2, 0) is 0 Å². The molecule has 1 unspecified atom stereocenters. The highest BCUT2D eigenvalue weighted by atomic mass is 16.5. The third-order valence-corrected chi connectivity index (χ3v) is 3.44. The van der Waals surface area contributed by atoms with Gasteiger partial charge in [0.15, 0.2) is 0 Å². The van der Waals surface area contributed by atoms with Gasteiger partial charge in [0, 0.05) is 18.3 Å². The molecule has 3 nitrogen and oxygen atoms in total. The van der Waals surface area contributed by atoms with Gasteiger partial charge in [-0.15, -0.1) is 0 Å². The Morgan fingerprint density at radius 3 is 2.61 bits per heavy atom. The van der Waals surface area contributed by atoms with Crippen LogP contribution in [0.1, 0.15) is 26.7 Å². The fourth-order valence-electron chi connectivity index (χ4n) is 2.40. The van der Waals surface area contributed by atoms with Crippen LogP contribution in [0.25, 0.3) is 0 Å². The molecule has 0 aromatic heterocycles. The van der Waals surface area contributed by atoms with E-state index in [0.717, 1.165) is 12.3 Å². The summed E-state index contributed by atoms with van der Waals surface area (Å²) in [6, 6.07) is 8.91. The molecule has 1 aliphatic heterocycles. The number of hydrogen-bond acceptors (Lipinski definition) is 3. The number of hydrogen-bond donors (Lipinski definition) is 1. The molecule has 0 bridgehead atoms. The number of rotatable bonds is 5. The molecule has 2 rings (SSSR count). The Bertz CT molecular complexity index is 361. The molecule has 100 valence electrons. The van der Waals surface area contributed by atoms with Crippen LogP contribution in [0.2, 0.25) is 0 Å². The van der Waals surface area contributed by atoms with E-state index in [2.05, 4.69) is 29.4 Å². The number of ether oxygens (including phenoxy) is 1. The van der Waals surface area contributed by atoms with Gasteiger partial charge in [0.05, 0.1) is 6.10 Å². The van der Waals surface area contributed by atoms with Crippen molar-refractivity contribution in [1.82, 2.24) is 4.90 Å². The Morgan fingerprint density at radius 1 is 1.33 bits per heavy atom. The monoisotopic (exact) mass is 248 g/mol. The number of nitrogens with one attached hydrogen (secondary N) is 1. The van der Waals surface area contributed by atoms with E-state index in [4.69, 9.17) is 4.74 Å². The van der Waals surface area contributed by atoms with Crippen molar-refractivity contribution in [2.24, 2.45) is 0 Å². The first-order valence-corrected chi connectivity index (χ1v) is 6.86. The zero-order chi connectivity index (χ0) is 13.0. The SMILES string of the molecule is CC(C)Oc1ccc(NCC2CCCN2C)cc1. The second kappa shape index (κ2) is 6.10. The van der Waals surface area contributed by atoms with Crippen LogP contribution in [-0.4, -0.2) is 37.2 Å². The average Bonchev–Trinajstić information content (AvgIpc) is 2.73. The van der Waals surface area contributed by atoms with Crippen LogP contribution in [0.3, 0.4) is 0 Å². The number of likely N-dealkylation sites (N-methyl/N-ethyl adjacent to an activating group) is 1. The predicted molar refractivity (Wildman–Crippen MR) is 76.3 cm³/mol. The molecule has 0 amide bonds. The van der Waals surface area contributed by atoms with E-state index >= 15 is 0 Å². The van der Waals surface area contributed by atoms with Crippen LogP contribution >= 0.6 is 0 Å². The van der Waals surface area contributed by atoms with Crippen molar-refractivity contribution in [3.05, 3.63) is 24.3 Å². The first-order valence-electron chi connectivity index (χ1n) is 6.86. The zero-order valence-electron chi connectivity index (χ0n) is 11.6. The number of nitrogens with zero attached hydrogens (tertiary/aromatic N) is 1. The summed E-state index contributed by atoms with van der Waals surface area (Å²) in [7, 11) is 2.21. The highest BCUT2D eigenvalue weighted by Gasteiger charge is 2.19. The molecule has 1 atom stereocenters. The van der Waals surface area contributed by atoms with Gasteiger partial charge < -0.3 is 15.0 Å². The van der Waals surface area contributed by atoms with Crippen LogP contribution in [0.15, 0.2) is 24.3 Å². The molecule has 0 aliphatic carbocycles. The standard InChI is InChI=1S/C15H24N2O/c1-12(2)18-15-8-6-13(7-9-15)16-11-14-5-4-10-17(14)3/h6-9,12,14,16H,4-5,10-11H2,1-3H3. The van der Waals surface area contributed by atoms with E-state index < -0.39 is 0 Å². The van der Waals surface area contributed by atoms with Gasteiger partial charge >= 0.3 is 0 Å². The second-order valence-corrected chi connectivity index (χ2v) is 5.35. The van der Waals surface area contributed by atoms with Crippen molar-refractivity contribution in [2.45, 2.75) is 38.8 Å². The van der Waals surface area contributed by atoms with Gasteiger partial charge in [0.25, 0.3) is 0 Å². The fourth-order valence-corrected chi connectivity index (χ4v) is 2.40. The van der Waals surface area contributed by atoms with E-state index in [9.17, 15) is 0 Å². The summed E-state index contributed by atoms with van der Waals surface area (Å²) in [5.74, 6) is 0.938. The van der Waals surface area contributed by atoms with Gasteiger partial charge in [-0.25, -0.2) is 0 Å². The molecule has 1 aromatic carbocycles. The molecule has 1 saturated heterocycles. The molecule has 0 spiro atoms. The maximum atomic E-state index is 5.63. The fraction of sp³-hybridized carbons (Fsp3) is 0.600. The second-order valence-electron chi connectivity index (χ2n) is 5.35. The number of benzene rings is 1. The summed E-state index contributed by atoms with van der Waals surface area (Å²) in [4.78, 5) is 2.43. The predicted octanol–water partition coefficient (Wildman–Crippen LogP) is 2.98. The third kappa shape index (κ3) is 3.64. The van der Waals surface area contributed by atoms with E-state index in [0.29, 0.717) is 6.04 Å². The quantitative estimate of drug-likeness (QED) is 0.867. The summed E-state index contributed by atoms with van der Waals surface area (Å²) in [6.45, 7) is 6.35. The lowest BCUT2D eigenvalue weighted by molar-refractivity contribution is 0.242. The van der Waals surface area contributed by atoms with Crippen molar-refractivity contribution in [1.29, 1.82) is 0 Å². The van der Waals surface area contributed by atoms with Gasteiger partial charge in [-0.1, -0.05) is 0 Å². The molecule has 1 heterocycles. The van der Waals surface area contributed by atoms with E-state index in [-0.39, 0.29) is 6.10 Å². The summed E-state index contributed by atoms with van der Waals surface area (Å²) in [5, 5.41) is 3.50. The van der Waals surface area contributed by atoms with Gasteiger partial charge in [-0.3, -0.25) is 0 Å². The maximum absolute atomic E-state index is 5.63. The van der Waals surface area contributed by atoms with E-state index in [1.807, 2.05) is 26.0 Å². The molecule has 0 radical (unpaired) electrons. The highest BCUT2D eigenvalue weighted by molar-refractivity contribution is 5.46. The summed E-state index contributed by atoms with van der Waals surface area (Å²) >= 11 is 0. The van der Waals surface area contributed by atoms with Crippen LogP contribution < -0.4 is 10.1 Å². The molecule has 3 heteroatoms.